The van der Waals surface area contributed by atoms with E-state index < -0.39 is 5.82 Å². The Balaban J connectivity index is 1.35. The van der Waals surface area contributed by atoms with Crippen LogP contribution in [0.4, 0.5) is 10.1 Å². The molecule has 0 radical (unpaired) electrons. The summed E-state index contributed by atoms with van der Waals surface area (Å²) in [6.45, 7) is 3.92. The highest BCUT2D eigenvalue weighted by Crippen LogP contribution is 2.26. The number of carbonyl (C=O) groups excluding carboxylic acids is 2. The summed E-state index contributed by atoms with van der Waals surface area (Å²) in [6, 6.07) is 24.3. The Labute approximate surface area is 209 Å². The lowest BCUT2D eigenvalue weighted by Crippen LogP contribution is -2.49. The van der Waals surface area contributed by atoms with Gasteiger partial charge in [0.05, 0.1) is 17.8 Å². The SMILES string of the molecule is CC(=O)c1ccc(N2CCN(C(=O)c3cn(Cc4ccccc4)nc3-c3ccccc3)CC2)c(F)c1. The maximum atomic E-state index is 14.7. The van der Waals surface area contributed by atoms with Gasteiger partial charge in [-0.15, -0.1) is 0 Å². The summed E-state index contributed by atoms with van der Waals surface area (Å²) in [6.07, 6.45) is 1.82. The predicted octanol–water partition coefficient (Wildman–Crippen LogP) is 4.90. The molecular weight excluding hydrogens is 455 g/mol. The lowest BCUT2D eigenvalue weighted by Gasteiger charge is -2.36. The van der Waals surface area contributed by atoms with E-state index in [-0.39, 0.29) is 11.7 Å². The molecule has 0 unspecified atom stereocenters. The van der Waals surface area contributed by atoms with Crippen molar-refractivity contribution in [2.24, 2.45) is 0 Å². The van der Waals surface area contributed by atoms with Gasteiger partial charge in [0.15, 0.2) is 5.78 Å². The molecule has 1 amide bonds. The number of Topliss-reactive ketones (excluding diaryl/α,β-unsaturated/α-hetero) is 1. The first-order valence-corrected chi connectivity index (χ1v) is 12.0. The first-order valence-electron chi connectivity index (χ1n) is 12.0. The second-order valence-corrected chi connectivity index (χ2v) is 8.94. The Kier molecular flexibility index (Phi) is 6.62. The molecule has 182 valence electrons. The second-order valence-electron chi connectivity index (χ2n) is 8.94. The van der Waals surface area contributed by atoms with Gasteiger partial charge in [0.25, 0.3) is 5.91 Å². The molecule has 0 atom stereocenters. The number of anilines is 1. The van der Waals surface area contributed by atoms with E-state index in [4.69, 9.17) is 5.10 Å². The Hall–Kier alpha value is -4.26. The van der Waals surface area contributed by atoms with Gasteiger partial charge in [0, 0.05) is 43.5 Å². The molecule has 5 rings (SSSR count). The van der Waals surface area contributed by atoms with E-state index in [1.54, 1.807) is 17.0 Å². The summed E-state index contributed by atoms with van der Waals surface area (Å²) >= 11 is 0. The maximum absolute atomic E-state index is 14.7. The first-order chi connectivity index (χ1) is 17.5. The van der Waals surface area contributed by atoms with E-state index in [9.17, 15) is 14.0 Å². The van der Waals surface area contributed by atoms with E-state index in [1.807, 2.05) is 76.4 Å². The molecule has 4 aromatic rings. The van der Waals surface area contributed by atoms with Crippen LogP contribution >= 0.6 is 0 Å². The fraction of sp³-hybridized carbons (Fsp3) is 0.207. The zero-order valence-corrected chi connectivity index (χ0v) is 20.1. The Morgan fingerprint density at radius 2 is 1.56 bits per heavy atom. The minimum atomic E-state index is -0.420. The van der Waals surface area contributed by atoms with Crippen LogP contribution in [0.5, 0.6) is 0 Å². The van der Waals surface area contributed by atoms with Gasteiger partial charge in [-0.05, 0) is 30.7 Å². The molecule has 0 aliphatic carbocycles. The average molecular weight is 483 g/mol. The number of hydrogen-bond donors (Lipinski definition) is 0. The number of carbonyl (C=O) groups is 2. The molecule has 7 heteroatoms. The van der Waals surface area contributed by atoms with Gasteiger partial charge in [0.2, 0.25) is 0 Å². The summed E-state index contributed by atoms with van der Waals surface area (Å²) in [5.74, 6) is -0.672. The fourth-order valence-corrected chi connectivity index (χ4v) is 4.54. The number of piperazine rings is 1. The Morgan fingerprint density at radius 1 is 0.889 bits per heavy atom. The van der Waals surface area contributed by atoms with Crippen LogP contribution in [-0.2, 0) is 6.54 Å². The van der Waals surface area contributed by atoms with Crippen molar-refractivity contribution >= 4 is 17.4 Å². The number of nitrogens with zero attached hydrogens (tertiary/aromatic N) is 4. The molecule has 1 aromatic heterocycles. The van der Waals surface area contributed by atoms with Gasteiger partial charge in [-0.2, -0.15) is 5.10 Å². The molecule has 2 heterocycles. The van der Waals surface area contributed by atoms with Crippen LogP contribution in [-0.4, -0.2) is 52.5 Å². The highest BCUT2D eigenvalue weighted by molar-refractivity contribution is 6.00. The highest BCUT2D eigenvalue weighted by atomic mass is 19.1. The standard InChI is InChI=1S/C29H27FN4O2/c1-21(35)24-12-13-27(26(30)18-24)32-14-16-33(17-15-32)29(36)25-20-34(19-22-8-4-2-5-9-22)31-28(25)23-10-6-3-7-11-23/h2-13,18,20H,14-17,19H2,1H3. The molecule has 1 fully saturated rings. The molecule has 6 nitrogen and oxygen atoms in total. The fourth-order valence-electron chi connectivity index (χ4n) is 4.54. The molecule has 0 bridgehead atoms. The van der Waals surface area contributed by atoms with Gasteiger partial charge in [-0.3, -0.25) is 14.3 Å². The van der Waals surface area contributed by atoms with Gasteiger partial charge in [-0.25, -0.2) is 4.39 Å². The van der Waals surface area contributed by atoms with Crippen LogP contribution in [0.2, 0.25) is 0 Å². The van der Waals surface area contributed by atoms with Crippen molar-refractivity contribution in [3.63, 3.8) is 0 Å². The summed E-state index contributed by atoms with van der Waals surface area (Å²) in [4.78, 5) is 28.9. The van der Waals surface area contributed by atoms with Crippen LogP contribution in [0.1, 0.15) is 33.2 Å². The number of ketones is 1. The summed E-state index contributed by atoms with van der Waals surface area (Å²) in [7, 11) is 0. The zero-order valence-electron chi connectivity index (χ0n) is 20.1. The summed E-state index contributed by atoms with van der Waals surface area (Å²) < 4.78 is 16.5. The van der Waals surface area contributed by atoms with Crippen LogP contribution in [0, 0.1) is 5.82 Å². The smallest absolute Gasteiger partial charge is 0.257 e. The molecule has 1 aliphatic heterocycles. The number of aromatic nitrogens is 2. The minimum Gasteiger partial charge on any atom is -0.366 e. The van der Waals surface area contributed by atoms with Crippen LogP contribution in [0.25, 0.3) is 11.3 Å². The number of amides is 1. The van der Waals surface area contributed by atoms with E-state index in [0.29, 0.717) is 55.2 Å². The molecule has 1 aliphatic rings. The average Bonchev–Trinajstić information content (AvgIpc) is 3.33. The van der Waals surface area contributed by atoms with Gasteiger partial charge in [-0.1, -0.05) is 60.7 Å². The van der Waals surface area contributed by atoms with Crippen LogP contribution < -0.4 is 4.90 Å². The highest BCUT2D eigenvalue weighted by Gasteiger charge is 2.27. The third kappa shape index (κ3) is 4.91. The number of halogens is 1. The van der Waals surface area contributed by atoms with Crippen LogP contribution in [0.3, 0.4) is 0 Å². The van der Waals surface area contributed by atoms with Crippen molar-refractivity contribution in [2.45, 2.75) is 13.5 Å². The van der Waals surface area contributed by atoms with Crippen molar-refractivity contribution < 1.29 is 14.0 Å². The topological polar surface area (TPSA) is 58.4 Å². The van der Waals surface area contributed by atoms with Crippen molar-refractivity contribution in [1.29, 1.82) is 0 Å². The van der Waals surface area contributed by atoms with E-state index in [1.165, 1.54) is 13.0 Å². The quantitative estimate of drug-likeness (QED) is 0.367. The maximum Gasteiger partial charge on any atom is 0.257 e. The van der Waals surface area contributed by atoms with Crippen molar-refractivity contribution in [3.05, 3.63) is 108 Å². The van der Waals surface area contributed by atoms with E-state index >= 15 is 0 Å². The largest absolute Gasteiger partial charge is 0.366 e. The number of hydrogen-bond acceptors (Lipinski definition) is 4. The lowest BCUT2D eigenvalue weighted by atomic mass is 10.1. The summed E-state index contributed by atoms with van der Waals surface area (Å²) in [5, 5.41) is 4.77. The minimum absolute atomic E-state index is 0.0831. The normalized spacial score (nSPS) is 13.6. The molecule has 0 N–H and O–H groups in total. The molecule has 0 spiro atoms. The first kappa shape index (κ1) is 23.5. The van der Waals surface area contributed by atoms with Gasteiger partial charge in [0.1, 0.15) is 11.5 Å². The summed E-state index contributed by atoms with van der Waals surface area (Å²) in [5.41, 5.74) is 4.01. The Morgan fingerprint density at radius 3 is 2.19 bits per heavy atom. The van der Waals surface area contributed by atoms with Crippen molar-refractivity contribution in [1.82, 2.24) is 14.7 Å². The molecule has 0 saturated carbocycles. The van der Waals surface area contributed by atoms with E-state index in [0.717, 1.165) is 11.1 Å². The van der Waals surface area contributed by atoms with Crippen LogP contribution in [0.15, 0.2) is 85.1 Å². The van der Waals surface area contributed by atoms with Gasteiger partial charge < -0.3 is 9.80 Å². The molecule has 3 aromatic carbocycles. The Bertz CT molecular complexity index is 1380. The van der Waals surface area contributed by atoms with E-state index in [2.05, 4.69) is 0 Å². The molecule has 36 heavy (non-hydrogen) atoms. The monoisotopic (exact) mass is 482 g/mol. The number of benzene rings is 3. The molecular formula is C29H27FN4O2. The molecule has 1 saturated heterocycles. The predicted molar refractivity (Wildman–Crippen MR) is 138 cm³/mol. The third-order valence-electron chi connectivity index (χ3n) is 6.49. The zero-order chi connectivity index (χ0) is 25.1. The van der Waals surface area contributed by atoms with Gasteiger partial charge >= 0.3 is 0 Å². The second kappa shape index (κ2) is 10.2. The van der Waals surface area contributed by atoms with Crippen molar-refractivity contribution in [2.75, 3.05) is 31.1 Å². The lowest BCUT2D eigenvalue weighted by molar-refractivity contribution is 0.0747. The number of rotatable bonds is 6. The third-order valence-corrected chi connectivity index (χ3v) is 6.49. The van der Waals surface area contributed by atoms with Crippen molar-refractivity contribution in [3.8, 4) is 11.3 Å².